The summed E-state index contributed by atoms with van der Waals surface area (Å²) >= 11 is 3.36. The Morgan fingerprint density at radius 2 is 1.24 bits per heavy atom. The second-order valence-corrected chi connectivity index (χ2v) is 15.3. The van der Waals surface area contributed by atoms with E-state index >= 15 is 0 Å². The van der Waals surface area contributed by atoms with Gasteiger partial charge in [0.2, 0.25) is 0 Å². The standard InChI is InChI=1S/C31H31N3O4Se.C11H9Br/c1-21-29(36-20-23-12-15-24-8-6-7-9-25(24)18-23)30(37-19-22-13-16-26(35-2)17-14-22)28(33-34-32)31(38-21)39-27-10-4-3-5-11-27;12-8-9-5-6-10-3-1-2-4-11(10)7-9/h3-18,21,28-31H,19-20H2,1-2H3;1-7H,8H2/t21-,28-,29+,30-,31-;/m1./s1. The van der Waals surface area contributed by atoms with E-state index in [0.717, 1.165) is 27.6 Å². The molecule has 0 aliphatic carbocycles. The molecule has 9 heteroatoms. The molecule has 51 heavy (non-hydrogen) atoms. The van der Waals surface area contributed by atoms with Gasteiger partial charge in [-0.3, -0.25) is 0 Å². The van der Waals surface area contributed by atoms with E-state index < -0.39 is 18.2 Å². The third-order valence-electron chi connectivity index (χ3n) is 8.76. The van der Waals surface area contributed by atoms with Crippen LogP contribution in [-0.2, 0) is 32.8 Å². The summed E-state index contributed by atoms with van der Waals surface area (Å²) in [5.41, 5.74) is 12.9. The van der Waals surface area contributed by atoms with Crippen LogP contribution in [0.2, 0.25) is 0 Å². The first-order chi connectivity index (χ1) is 25.0. The summed E-state index contributed by atoms with van der Waals surface area (Å²) in [6.07, 6.45) is -1.16. The maximum absolute atomic E-state index is 9.52. The molecule has 1 aliphatic heterocycles. The fourth-order valence-electron chi connectivity index (χ4n) is 6.08. The fraction of sp³-hybridized carbons (Fsp3) is 0.238. The van der Waals surface area contributed by atoms with Gasteiger partial charge in [0.1, 0.15) is 0 Å². The van der Waals surface area contributed by atoms with Crippen molar-refractivity contribution in [2.75, 3.05) is 7.11 Å². The summed E-state index contributed by atoms with van der Waals surface area (Å²) in [6, 6.07) is 46.9. The molecule has 0 aromatic heterocycles. The van der Waals surface area contributed by atoms with Crippen molar-refractivity contribution in [3.63, 3.8) is 0 Å². The van der Waals surface area contributed by atoms with Gasteiger partial charge in [-0.2, -0.15) is 0 Å². The molecule has 0 saturated carbocycles. The molecule has 0 radical (unpaired) electrons. The fourth-order valence-corrected chi connectivity index (χ4v) is 8.86. The average molecular weight is 810 g/mol. The van der Waals surface area contributed by atoms with Crippen LogP contribution in [0.1, 0.15) is 23.6 Å². The molecule has 6 aromatic carbocycles. The van der Waals surface area contributed by atoms with Gasteiger partial charge in [-0.25, -0.2) is 0 Å². The Morgan fingerprint density at radius 3 is 1.86 bits per heavy atom. The number of ether oxygens (including phenoxy) is 4. The summed E-state index contributed by atoms with van der Waals surface area (Å²) in [5.74, 6) is 0.785. The van der Waals surface area contributed by atoms with Crippen molar-refractivity contribution in [1.82, 2.24) is 0 Å². The maximum atomic E-state index is 9.52. The van der Waals surface area contributed by atoms with Crippen molar-refractivity contribution >= 4 is 56.9 Å². The molecule has 0 spiro atoms. The van der Waals surface area contributed by atoms with Gasteiger partial charge in [0.25, 0.3) is 0 Å². The number of azide groups is 1. The second kappa shape index (κ2) is 18.4. The summed E-state index contributed by atoms with van der Waals surface area (Å²) in [7, 11) is 1.64. The first-order valence-electron chi connectivity index (χ1n) is 16.8. The molecule has 0 bridgehead atoms. The van der Waals surface area contributed by atoms with Crippen LogP contribution in [0.5, 0.6) is 5.75 Å². The van der Waals surface area contributed by atoms with Gasteiger partial charge in [-0.05, 0) is 16.3 Å². The third kappa shape index (κ3) is 9.79. The monoisotopic (exact) mass is 809 g/mol. The molecule has 1 saturated heterocycles. The number of hydrogen-bond donors (Lipinski definition) is 0. The zero-order valence-corrected chi connectivity index (χ0v) is 31.8. The number of hydrogen-bond acceptors (Lipinski definition) is 5. The molecule has 1 fully saturated rings. The van der Waals surface area contributed by atoms with Crippen LogP contribution in [-0.4, -0.2) is 51.4 Å². The van der Waals surface area contributed by atoms with Crippen LogP contribution >= 0.6 is 15.9 Å². The number of alkyl halides is 1. The summed E-state index contributed by atoms with van der Waals surface area (Å²) < 4.78 is 25.9. The molecule has 260 valence electrons. The van der Waals surface area contributed by atoms with Gasteiger partial charge in [0.15, 0.2) is 0 Å². The van der Waals surface area contributed by atoms with Crippen molar-refractivity contribution in [2.24, 2.45) is 5.11 Å². The molecule has 1 aliphatic rings. The van der Waals surface area contributed by atoms with Crippen LogP contribution in [0.4, 0.5) is 0 Å². The minimum atomic E-state index is -0.536. The molecular formula is C42H40BrN3O4Se. The SMILES string of the molecule is BrCc1ccc2ccccc2c1.COc1ccc(CO[C@@H]2[C@@H](N=[N+]=[N-])[C@@H]([Se]c3ccccc3)O[C@H](C)[C@@H]2OCc2ccc3ccccc3c2)cc1. The normalized spacial score (nSPS) is 19.9. The first kappa shape index (κ1) is 36.6. The van der Waals surface area contributed by atoms with Gasteiger partial charge in [-0.15, -0.1) is 0 Å². The Labute approximate surface area is 313 Å². The topological polar surface area (TPSA) is 85.7 Å². The Hall–Kier alpha value is -4.17. The van der Waals surface area contributed by atoms with Crippen LogP contribution < -0.4 is 9.20 Å². The number of fused-ring (bicyclic) bond motifs is 2. The molecular weight excluding hydrogens is 769 g/mol. The van der Waals surface area contributed by atoms with E-state index in [9.17, 15) is 5.53 Å². The Morgan fingerprint density at radius 1 is 0.686 bits per heavy atom. The van der Waals surface area contributed by atoms with Gasteiger partial charge < -0.3 is 0 Å². The zero-order chi connectivity index (χ0) is 35.4. The molecule has 6 aromatic rings. The molecule has 0 N–H and O–H groups in total. The Bertz CT molecular complexity index is 2060. The third-order valence-corrected chi connectivity index (χ3v) is 11.9. The van der Waals surface area contributed by atoms with Crippen molar-refractivity contribution in [2.45, 2.75) is 54.8 Å². The summed E-state index contributed by atoms with van der Waals surface area (Å²) in [5, 5.41) is 9.82. The van der Waals surface area contributed by atoms with Crippen molar-refractivity contribution < 1.29 is 18.9 Å². The molecule has 0 amide bonds. The minimum absolute atomic E-state index is 0.0839. The predicted octanol–water partition coefficient (Wildman–Crippen LogP) is 9.51. The van der Waals surface area contributed by atoms with Gasteiger partial charge in [0.05, 0.1) is 0 Å². The van der Waals surface area contributed by atoms with Crippen molar-refractivity contribution in [1.29, 1.82) is 0 Å². The van der Waals surface area contributed by atoms with Crippen LogP contribution in [0.15, 0.2) is 145 Å². The van der Waals surface area contributed by atoms with Gasteiger partial charge >= 0.3 is 235 Å². The Kier molecular flexibility index (Phi) is 13.2. The van der Waals surface area contributed by atoms with E-state index in [0.29, 0.717) is 13.2 Å². The van der Waals surface area contributed by atoms with E-state index in [2.05, 4.69) is 111 Å². The summed E-state index contributed by atoms with van der Waals surface area (Å²) in [6.45, 7) is 2.75. The van der Waals surface area contributed by atoms with E-state index in [1.165, 1.54) is 26.2 Å². The Balaban J connectivity index is 0.000000313. The van der Waals surface area contributed by atoms with E-state index in [4.69, 9.17) is 18.9 Å². The van der Waals surface area contributed by atoms with Crippen LogP contribution in [0, 0.1) is 0 Å². The average Bonchev–Trinajstić information content (AvgIpc) is 3.18. The molecule has 5 atom stereocenters. The van der Waals surface area contributed by atoms with Gasteiger partial charge in [0, 0.05) is 5.33 Å². The quantitative estimate of drug-likeness (QED) is 0.0429. The number of methoxy groups -OCH3 is 1. The molecule has 7 rings (SSSR count). The van der Waals surface area contributed by atoms with Gasteiger partial charge in [-0.1, -0.05) is 58.4 Å². The van der Waals surface area contributed by atoms with E-state index in [1.807, 2.05) is 61.5 Å². The van der Waals surface area contributed by atoms with E-state index in [-0.39, 0.29) is 26.1 Å². The van der Waals surface area contributed by atoms with Crippen molar-refractivity contribution in [3.05, 3.63) is 167 Å². The number of halogens is 1. The number of nitrogens with zero attached hydrogens (tertiary/aromatic N) is 3. The number of benzene rings is 6. The molecule has 0 unspecified atom stereocenters. The second-order valence-electron chi connectivity index (χ2n) is 12.2. The predicted molar refractivity (Wildman–Crippen MR) is 210 cm³/mol. The molecule has 7 nitrogen and oxygen atoms in total. The zero-order valence-electron chi connectivity index (χ0n) is 28.5. The van der Waals surface area contributed by atoms with Crippen LogP contribution in [0.3, 0.4) is 0 Å². The summed E-state index contributed by atoms with van der Waals surface area (Å²) in [4.78, 5) is 3.19. The first-order valence-corrected chi connectivity index (χ1v) is 19.8. The number of rotatable bonds is 11. The van der Waals surface area contributed by atoms with Crippen LogP contribution in [0.25, 0.3) is 32.0 Å². The van der Waals surface area contributed by atoms with Crippen molar-refractivity contribution in [3.8, 4) is 5.75 Å². The van der Waals surface area contributed by atoms with E-state index in [1.54, 1.807) is 7.11 Å². The molecule has 1 heterocycles.